The van der Waals surface area contributed by atoms with Crippen molar-refractivity contribution in [2.24, 2.45) is 0 Å². The van der Waals surface area contributed by atoms with Crippen LogP contribution in [-0.4, -0.2) is 25.0 Å². The molecule has 6 heterocycles. The quantitative estimate of drug-likeness (QED) is 0.157. The first kappa shape index (κ1) is 30.4. The Morgan fingerprint density at radius 2 is 0.678 bits per heavy atom. The Morgan fingerprint density at radius 1 is 0.271 bits per heavy atom. The van der Waals surface area contributed by atoms with E-state index in [1.165, 1.54) is 126 Å². The highest BCUT2D eigenvalue weighted by molar-refractivity contribution is 7.00. The number of nitrogens with zero attached hydrogens (tertiary/aromatic N) is 4. The summed E-state index contributed by atoms with van der Waals surface area (Å²) in [6.07, 6.45) is 0. The predicted molar refractivity (Wildman–Crippen MR) is 248 cm³/mol. The molecule has 0 amide bonds. The molecule has 0 spiro atoms. The van der Waals surface area contributed by atoms with Crippen molar-refractivity contribution in [1.82, 2.24) is 18.3 Å². The van der Waals surface area contributed by atoms with Crippen molar-refractivity contribution < 1.29 is 0 Å². The van der Waals surface area contributed by atoms with Crippen molar-refractivity contribution >= 4 is 110 Å². The minimum Gasteiger partial charge on any atom is -0.310 e. The van der Waals surface area contributed by atoms with Gasteiger partial charge in [-0.15, -0.1) is 0 Å². The molecule has 2 aliphatic rings. The van der Waals surface area contributed by atoms with E-state index in [4.69, 9.17) is 0 Å². The maximum atomic E-state index is 2.59. The van der Waals surface area contributed by atoms with Crippen LogP contribution in [0.3, 0.4) is 0 Å². The van der Waals surface area contributed by atoms with E-state index < -0.39 is 0 Å². The van der Waals surface area contributed by atoms with Gasteiger partial charge >= 0.3 is 0 Å². The fourth-order valence-corrected chi connectivity index (χ4v) is 11.5. The van der Waals surface area contributed by atoms with E-state index >= 15 is 0 Å². The summed E-state index contributed by atoms with van der Waals surface area (Å²) in [6, 6.07) is 70.2. The molecule has 0 aliphatic carbocycles. The molecule has 0 N–H and O–H groups in total. The summed E-state index contributed by atoms with van der Waals surface area (Å²) in [5.74, 6) is 0. The lowest BCUT2D eigenvalue weighted by Gasteiger charge is -2.33. The second kappa shape index (κ2) is 10.6. The monoisotopic (exact) mass is 746 g/mol. The molecule has 270 valence electrons. The average Bonchev–Trinajstić information content (AvgIpc) is 4.01. The number of para-hydroxylation sites is 6. The van der Waals surface area contributed by atoms with E-state index in [2.05, 4.69) is 206 Å². The van der Waals surface area contributed by atoms with Crippen molar-refractivity contribution in [2.75, 3.05) is 0 Å². The SMILES string of the molecule is c1ccc(-n2c3ccccc3c3cc4c(cc32)c2cccc3c2n4-c2cccc4c2B3c2cccc3c5cc6c7ccccc7n(-c7ccccc7)c6cc5n-4c23)cc1. The van der Waals surface area contributed by atoms with Gasteiger partial charge in [0.25, 0.3) is 6.71 Å². The summed E-state index contributed by atoms with van der Waals surface area (Å²) in [5, 5.41) is 10.3. The Balaban J connectivity index is 1.07. The smallest absolute Gasteiger partial charge is 0.252 e. The van der Waals surface area contributed by atoms with E-state index in [9.17, 15) is 0 Å². The van der Waals surface area contributed by atoms with Crippen molar-refractivity contribution in [1.29, 1.82) is 0 Å². The Morgan fingerprint density at radius 3 is 1.25 bits per heavy atom. The number of rotatable bonds is 2. The van der Waals surface area contributed by atoms with Gasteiger partial charge in [0, 0.05) is 76.9 Å². The van der Waals surface area contributed by atoms with Gasteiger partial charge in [-0.2, -0.15) is 0 Å². The maximum Gasteiger partial charge on any atom is 0.252 e. The van der Waals surface area contributed by atoms with Crippen LogP contribution < -0.4 is 16.4 Å². The third-order valence-corrected chi connectivity index (χ3v) is 13.7. The first-order valence-corrected chi connectivity index (χ1v) is 20.6. The molecule has 4 aromatic heterocycles. The fourth-order valence-electron chi connectivity index (χ4n) is 11.5. The largest absolute Gasteiger partial charge is 0.310 e. The van der Waals surface area contributed by atoms with Crippen molar-refractivity contribution in [2.45, 2.75) is 0 Å². The van der Waals surface area contributed by atoms with E-state index in [1.807, 2.05) is 0 Å². The highest BCUT2D eigenvalue weighted by Gasteiger charge is 2.40. The zero-order chi connectivity index (χ0) is 38.1. The number of hydrogen-bond acceptors (Lipinski definition) is 0. The molecule has 0 saturated carbocycles. The topological polar surface area (TPSA) is 19.7 Å². The highest BCUT2D eigenvalue weighted by Crippen LogP contribution is 2.44. The lowest BCUT2D eigenvalue weighted by Crippen LogP contribution is -2.59. The summed E-state index contributed by atoms with van der Waals surface area (Å²) < 4.78 is 10.1. The molecule has 0 saturated heterocycles. The first-order chi connectivity index (χ1) is 29.3. The van der Waals surface area contributed by atoms with Gasteiger partial charge in [-0.25, -0.2) is 0 Å². The normalized spacial score (nSPS) is 13.1. The average molecular weight is 747 g/mol. The van der Waals surface area contributed by atoms with Crippen LogP contribution in [0.4, 0.5) is 0 Å². The Kier molecular flexibility index (Phi) is 5.46. The van der Waals surface area contributed by atoms with E-state index in [1.54, 1.807) is 0 Å². The van der Waals surface area contributed by atoms with Gasteiger partial charge in [-0.05, 0) is 89.2 Å². The van der Waals surface area contributed by atoms with Crippen molar-refractivity contribution in [3.05, 3.63) is 188 Å². The molecule has 0 bridgehead atoms. The minimum atomic E-state index is 0.101. The van der Waals surface area contributed by atoms with E-state index in [-0.39, 0.29) is 6.71 Å². The minimum absolute atomic E-state index is 0.101. The molecule has 5 heteroatoms. The second-order valence-electron chi connectivity index (χ2n) is 16.4. The molecule has 2 aliphatic heterocycles. The molecule has 0 fully saturated rings. The number of aromatic nitrogens is 4. The van der Waals surface area contributed by atoms with Crippen LogP contribution in [0.2, 0.25) is 0 Å². The summed E-state index contributed by atoms with van der Waals surface area (Å²) in [6.45, 7) is 0.101. The number of hydrogen-bond donors (Lipinski definition) is 0. The van der Waals surface area contributed by atoms with Gasteiger partial charge in [-0.3, -0.25) is 0 Å². The third-order valence-electron chi connectivity index (χ3n) is 13.7. The molecule has 0 radical (unpaired) electrons. The molecular formula is C54H31BN4. The first-order valence-electron chi connectivity index (χ1n) is 20.6. The molecule has 13 aromatic rings. The Labute approximate surface area is 338 Å². The molecule has 9 aromatic carbocycles. The third kappa shape index (κ3) is 3.60. The van der Waals surface area contributed by atoms with E-state index in [0.717, 1.165) is 0 Å². The Hall–Kier alpha value is -7.76. The molecule has 59 heavy (non-hydrogen) atoms. The molecule has 0 unspecified atom stereocenters. The van der Waals surface area contributed by atoms with Crippen LogP contribution in [0.15, 0.2) is 188 Å². The van der Waals surface area contributed by atoms with Gasteiger partial charge < -0.3 is 18.3 Å². The van der Waals surface area contributed by atoms with Gasteiger partial charge in [0.1, 0.15) is 0 Å². The lowest BCUT2D eigenvalue weighted by molar-refractivity contribution is 1.14. The summed E-state index contributed by atoms with van der Waals surface area (Å²) in [7, 11) is 0. The van der Waals surface area contributed by atoms with Crippen LogP contribution in [-0.2, 0) is 0 Å². The molecule has 15 rings (SSSR count). The highest BCUT2D eigenvalue weighted by atomic mass is 15.0. The zero-order valence-corrected chi connectivity index (χ0v) is 31.8. The lowest BCUT2D eigenvalue weighted by atomic mass is 9.34. The van der Waals surface area contributed by atoms with Crippen LogP contribution in [0.5, 0.6) is 0 Å². The number of fused-ring (bicyclic) bond motifs is 16. The van der Waals surface area contributed by atoms with Gasteiger partial charge in [0.2, 0.25) is 0 Å². The Bertz CT molecular complexity index is 4000. The van der Waals surface area contributed by atoms with Crippen molar-refractivity contribution in [3.8, 4) is 22.7 Å². The maximum absolute atomic E-state index is 2.59. The molecule has 0 atom stereocenters. The zero-order valence-electron chi connectivity index (χ0n) is 31.8. The summed E-state index contributed by atoms with van der Waals surface area (Å²) >= 11 is 0. The van der Waals surface area contributed by atoms with Crippen LogP contribution in [0.25, 0.3) is 110 Å². The predicted octanol–water partition coefficient (Wildman–Crippen LogP) is 11.2. The van der Waals surface area contributed by atoms with Crippen LogP contribution >= 0.6 is 0 Å². The van der Waals surface area contributed by atoms with Crippen molar-refractivity contribution in [3.63, 3.8) is 0 Å². The van der Waals surface area contributed by atoms with E-state index in [0.29, 0.717) is 0 Å². The van der Waals surface area contributed by atoms with Crippen LogP contribution in [0.1, 0.15) is 0 Å². The number of benzene rings is 9. The second-order valence-corrected chi connectivity index (χ2v) is 16.4. The fraction of sp³-hybridized carbons (Fsp3) is 0. The summed E-state index contributed by atoms with van der Waals surface area (Å²) in [4.78, 5) is 0. The summed E-state index contributed by atoms with van der Waals surface area (Å²) in [5.41, 5.74) is 19.0. The standard InChI is InChI=1S/C54H31BN4/c1-3-14-32(15-4-1)56-45-25-10-8-19-35(45)40-29-49-41(30-48(40)56)37-21-12-23-43-54(37)58(49)46-26-13-27-47-52(46)55(43)42-22-11-20-36-39-28-38-34-18-7-9-24-44(34)57(33-16-5-2-6-17-33)50(38)31-51(39)59(47)53(36)42/h1-31H. The van der Waals surface area contributed by atoms with Gasteiger partial charge in [-0.1, -0.05) is 115 Å². The molecular weight excluding hydrogens is 715 g/mol. The van der Waals surface area contributed by atoms with Gasteiger partial charge in [0.15, 0.2) is 0 Å². The van der Waals surface area contributed by atoms with Gasteiger partial charge in [0.05, 0.1) is 33.1 Å². The molecule has 4 nitrogen and oxygen atoms in total. The van der Waals surface area contributed by atoms with Crippen LogP contribution in [0, 0.1) is 0 Å².